The lowest BCUT2D eigenvalue weighted by atomic mass is 9.78. The minimum Gasteiger partial charge on any atom is -0.461 e. The van der Waals surface area contributed by atoms with E-state index in [0.29, 0.717) is 24.2 Å². The number of benzene rings is 2. The number of carbonyl (C=O) groups excluding carboxylic acids is 1. The van der Waals surface area contributed by atoms with Crippen molar-refractivity contribution in [1.82, 2.24) is 0 Å². The standard InChI is InChI=1S/C23H25FN2O3/c1-4-28-20-12-21(26-19-10-5-15(13-25)11-18(19)20)23(2,3)14-29-22(27)16-6-8-17(24)9-7-16/h5-11,20-21,26H,4,12,14H2,1-3H3. The number of hydrogen-bond donors (Lipinski definition) is 1. The Bertz CT molecular complexity index is 919. The maximum absolute atomic E-state index is 13.0. The van der Waals surface area contributed by atoms with Crippen molar-refractivity contribution in [2.45, 2.75) is 39.3 Å². The van der Waals surface area contributed by atoms with Crippen LogP contribution in [0.3, 0.4) is 0 Å². The van der Waals surface area contributed by atoms with E-state index in [1.807, 2.05) is 32.9 Å². The van der Waals surface area contributed by atoms with Crippen LogP contribution in [0.15, 0.2) is 42.5 Å². The van der Waals surface area contributed by atoms with E-state index in [9.17, 15) is 14.4 Å². The fraction of sp³-hybridized carbons (Fsp3) is 0.391. The predicted molar refractivity (Wildman–Crippen MR) is 108 cm³/mol. The Kier molecular flexibility index (Phi) is 6.19. The Morgan fingerprint density at radius 1 is 1.28 bits per heavy atom. The van der Waals surface area contributed by atoms with E-state index >= 15 is 0 Å². The van der Waals surface area contributed by atoms with Crippen molar-refractivity contribution in [3.05, 3.63) is 65.0 Å². The van der Waals surface area contributed by atoms with Crippen LogP contribution in [0.2, 0.25) is 0 Å². The molecule has 0 bridgehead atoms. The molecule has 2 aromatic rings. The van der Waals surface area contributed by atoms with Crippen molar-refractivity contribution in [2.24, 2.45) is 5.41 Å². The van der Waals surface area contributed by atoms with Gasteiger partial charge in [0.05, 0.1) is 29.9 Å². The van der Waals surface area contributed by atoms with E-state index in [-0.39, 0.29) is 24.2 Å². The Balaban J connectivity index is 1.73. The van der Waals surface area contributed by atoms with Gasteiger partial charge in [-0.15, -0.1) is 0 Å². The maximum atomic E-state index is 13.0. The molecule has 1 heterocycles. The van der Waals surface area contributed by atoms with Crippen molar-refractivity contribution < 1.29 is 18.7 Å². The smallest absolute Gasteiger partial charge is 0.338 e. The highest BCUT2D eigenvalue weighted by Crippen LogP contribution is 2.41. The van der Waals surface area contributed by atoms with Crippen LogP contribution in [0.25, 0.3) is 0 Å². The second-order valence-electron chi connectivity index (χ2n) is 7.86. The van der Waals surface area contributed by atoms with Crippen LogP contribution >= 0.6 is 0 Å². The first kappa shape index (κ1) is 20.8. The minimum absolute atomic E-state index is 0.000466. The summed E-state index contributed by atoms with van der Waals surface area (Å²) in [4.78, 5) is 12.3. The minimum atomic E-state index is -0.477. The number of fused-ring (bicyclic) bond motifs is 1. The summed E-state index contributed by atoms with van der Waals surface area (Å²) in [5.41, 5.74) is 2.44. The number of rotatable bonds is 6. The lowest BCUT2D eigenvalue weighted by molar-refractivity contribution is 0.0138. The molecular weight excluding hydrogens is 371 g/mol. The molecule has 2 aromatic carbocycles. The van der Waals surface area contributed by atoms with Gasteiger partial charge in [0.15, 0.2) is 0 Å². The molecule has 6 heteroatoms. The van der Waals surface area contributed by atoms with Crippen molar-refractivity contribution in [3.63, 3.8) is 0 Å². The highest BCUT2D eigenvalue weighted by atomic mass is 19.1. The molecule has 152 valence electrons. The third kappa shape index (κ3) is 4.75. The molecule has 3 rings (SSSR count). The summed E-state index contributed by atoms with van der Waals surface area (Å²) in [7, 11) is 0. The third-order valence-corrected chi connectivity index (χ3v) is 5.27. The summed E-state index contributed by atoms with van der Waals surface area (Å²) in [6.07, 6.45) is 0.554. The molecule has 0 saturated carbocycles. The third-order valence-electron chi connectivity index (χ3n) is 5.27. The normalized spacial score (nSPS) is 18.3. The summed E-state index contributed by atoms with van der Waals surface area (Å²) in [6.45, 7) is 6.76. The van der Waals surface area contributed by atoms with Crippen LogP contribution in [0.1, 0.15) is 54.8 Å². The number of ether oxygens (including phenoxy) is 2. The topological polar surface area (TPSA) is 71.3 Å². The van der Waals surface area contributed by atoms with E-state index in [1.54, 1.807) is 6.07 Å². The van der Waals surface area contributed by atoms with Crippen LogP contribution in [-0.2, 0) is 9.47 Å². The van der Waals surface area contributed by atoms with Crippen LogP contribution in [0.4, 0.5) is 10.1 Å². The van der Waals surface area contributed by atoms with Crippen LogP contribution in [0.5, 0.6) is 0 Å². The first-order valence-electron chi connectivity index (χ1n) is 9.69. The molecule has 0 amide bonds. The number of halogens is 1. The zero-order valence-electron chi connectivity index (χ0n) is 16.9. The summed E-state index contributed by atoms with van der Waals surface area (Å²) in [5.74, 6) is -0.872. The molecule has 1 aliphatic rings. The molecule has 29 heavy (non-hydrogen) atoms. The first-order valence-corrected chi connectivity index (χ1v) is 9.69. The molecule has 2 unspecified atom stereocenters. The van der Waals surface area contributed by atoms with Gasteiger partial charge in [-0.05, 0) is 55.8 Å². The Morgan fingerprint density at radius 2 is 2.00 bits per heavy atom. The molecule has 0 aromatic heterocycles. The van der Waals surface area contributed by atoms with E-state index in [2.05, 4.69) is 11.4 Å². The molecule has 0 aliphatic carbocycles. The number of nitrogens with one attached hydrogen (secondary N) is 1. The van der Waals surface area contributed by atoms with Gasteiger partial charge in [-0.1, -0.05) is 13.8 Å². The maximum Gasteiger partial charge on any atom is 0.338 e. The van der Waals surface area contributed by atoms with Crippen LogP contribution in [-0.4, -0.2) is 25.2 Å². The second kappa shape index (κ2) is 8.62. The molecule has 1 aliphatic heterocycles. The molecule has 0 fully saturated rings. The lowest BCUT2D eigenvalue weighted by Gasteiger charge is -2.41. The van der Waals surface area contributed by atoms with E-state index < -0.39 is 11.8 Å². The molecule has 0 radical (unpaired) electrons. The highest BCUT2D eigenvalue weighted by Gasteiger charge is 2.37. The highest BCUT2D eigenvalue weighted by molar-refractivity contribution is 5.89. The lowest BCUT2D eigenvalue weighted by Crippen LogP contribution is -2.44. The Labute approximate surface area is 170 Å². The van der Waals surface area contributed by atoms with E-state index in [1.165, 1.54) is 24.3 Å². The van der Waals surface area contributed by atoms with Crippen molar-refractivity contribution in [3.8, 4) is 6.07 Å². The molecular formula is C23H25FN2O3. The summed E-state index contributed by atoms with van der Waals surface area (Å²) < 4.78 is 24.5. The van der Waals surface area contributed by atoms with Crippen molar-refractivity contribution >= 4 is 11.7 Å². The van der Waals surface area contributed by atoms with Gasteiger partial charge in [-0.2, -0.15) is 5.26 Å². The second-order valence-corrected chi connectivity index (χ2v) is 7.86. The number of anilines is 1. The average molecular weight is 396 g/mol. The summed E-state index contributed by atoms with van der Waals surface area (Å²) in [5, 5.41) is 12.7. The Hall–Kier alpha value is -2.91. The number of nitriles is 1. The van der Waals surface area contributed by atoms with Gasteiger partial charge in [-0.3, -0.25) is 0 Å². The molecule has 2 atom stereocenters. The fourth-order valence-corrected chi connectivity index (χ4v) is 3.51. The monoisotopic (exact) mass is 396 g/mol. The Morgan fingerprint density at radius 3 is 2.66 bits per heavy atom. The zero-order valence-corrected chi connectivity index (χ0v) is 16.9. The van der Waals surface area contributed by atoms with Gasteiger partial charge in [0.1, 0.15) is 5.82 Å². The largest absolute Gasteiger partial charge is 0.461 e. The average Bonchev–Trinajstić information content (AvgIpc) is 2.72. The van der Waals surface area contributed by atoms with Gasteiger partial charge in [-0.25, -0.2) is 9.18 Å². The number of esters is 1. The first-order chi connectivity index (χ1) is 13.8. The quantitative estimate of drug-likeness (QED) is 0.707. The van der Waals surface area contributed by atoms with Crippen molar-refractivity contribution in [2.75, 3.05) is 18.5 Å². The van der Waals surface area contributed by atoms with Gasteiger partial charge < -0.3 is 14.8 Å². The van der Waals surface area contributed by atoms with E-state index in [4.69, 9.17) is 9.47 Å². The number of nitrogens with zero attached hydrogens (tertiary/aromatic N) is 1. The van der Waals surface area contributed by atoms with Crippen LogP contribution < -0.4 is 5.32 Å². The number of carbonyl (C=O) groups is 1. The molecule has 0 spiro atoms. The van der Waals surface area contributed by atoms with Gasteiger partial charge in [0.2, 0.25) is 0 Å². The van der Waals surface area contributed by atoms with Gasteiger partial charge >= 0.3 is 5.97 Å². The summed E-state index contributed by atoms with van der Waals surface area (Å²) >= 11 is 0. The van der Waals surface area contributed by atoms with E-state index in [0.717, 1.165) is 11.3 Å². The van der Waals surface area contributed by atoms with Gasteiger partial charge in [0.25, 0.3) is 0 Å². The summed E-state index contributed by atoms with van der Waals surface area (Å²) in [6, 6.07) is 13.0. The van der Waals surface area contributed by atoms with Crippen LogP contribution in [0, 0.1) is 22.6 Å². The van der Waals surface area contributed by atoms with Crippen molar-refractivity contribution in [1.29, 1.82) is 5.26 Å². The predicted octanol–water partition coefficient (Wildman–Crippen LogP) is 4.84. The molecule has 5 nitrogen and oxygen atoms in total. The SMILES string of the molecule is CCOC1CC(C(C)(C)COC(=O)c2ccc(F)cc2)Nc2ccc(C#N)cc21. The molecule has 0 saturated heterocycles. The number of hydrogen-bond acceptors (Lipinski definition) is 5. The zero-order chi connectivity index (χ0) is 21.0. The fourth-order valence-electron chi connectivity index (χ4n) is 3.51. The molecule has 1 N–H and O–H groups in total. The van der Waals surface area contributed by atoms with Gasteiger partial charge in [0, 0.05) is 29.3 Å².